The molecule has 60 valence electrons. The van der Waals surface area contributed by atoms with Crippen LogP contribution in [0.4, 0.5) is 4.79 Å². The van der Waals surface area contributed by atoms with Gasteiger partial charge >= 0.3 is 6.09 Å². The van der Waals surface area contributed by atoms with Crippen LogP contribution in [0.5, 0.6) is 0 Å². The van der Waals surface area contributed by atoms with E-state index in [1.54, 1.807) is 0 Å². The fourth-order valence-corrected chi connectivity index (χ4v) is 1.05. The summed E-state index contributed by atoms with van der Waals surface area (Å²) in [4.78, 5) is 11.1. The van der Waals surface area contributed by atoms with Crippen molar-refractivity contribution in [2.24, 2.45) is 0 Å². The first-order valence-corrected chi connectivity index (χ1v) is 3.40. The minimum Gasteiger partial charge on any atom is -0.452 e. The molecule has 11 heavy (non-hydrogen) atoms. The molecule has 1 aromatic rings. The predicted molar refractivity (Wildman–Crippen MR) is 41.7 cm³/mol. The van der Waals surface area contributed by atoms with Gasteiger partial charge in [0.25, 0.3) is 0 Å². The van der Waals surface area contributed by atoms with Gasteiger partial charge in [-0.2, -0.15) is 0 Å². The summed E-state index contributed by atoms with van der Waals surface area (Å²) in [6.07, 6.45) is -0.329. The molecule has 1 aromatic heterocycles. The highest BCUT2D eigenvalue weighted by atomic mass is 16.5. The van der Waals surface area contributed by atoms with E-state index >= 15 is 0 Å². The molecule has 0 amide bonds. The number of methoxy groups -OCH3 is 1. The molecule has 0 aliphatic carbocycles. The van der Waals surface area contributed by atoms with Crippen LogP contribution in [0.1, 0.15) is 11.4 Å². The summed E-state index contributed by atoms with van der Waals surface area (Å²) < 4.78 is 6.11. The molecule has 0 aromatic carbocycles. The average molecular weight is 153 g/mol. The first-order chi connectivity index (χ1) is 5.16. The van der Waals surface area contributed by atoms with Gasteiger partial charge in [-0.15, -0.1) is 0 Å². The molecule has 3 heteroatoms. The van der Waals surface area contributed by atoms with Crippen LogP contribution in [0, 0.1) is 13.8 Å². The summed E-state index contributed by atoms with van der Waals surface area (Å²) in [5.41, 5.74) is 1.80. The molecule has 1 heterocycles. The van der Waals surface area contributed by atoms with Crippen LogP contribution >= 0.6 is 0 Å². The van der Waals surface area contributed by atoms with Gasteiger partial charge in [-0.25, -0.2) is 4.79 Å². The Hall–Kier alpha value is -1.25. The molecule has 0 fully saturated rings. The first kappa shape index (κ1) is 7.85. The Morgan fingerprint density at radius 2 is 1.82 bits per heavy atom. The summed E-state index contributed by atoms with van der Waals surface area (Å²) >= 11 is 0. The maximum absolute atomic E-state index is 11.1. The van der Waals surface area contributed by atoms with Gasteiger partial charge in [0.05, 0.1) is 7.11 Å². The highest BCUT2D eigenvalue weighted by Crippen LogP contribution is 2.06. The van der Waals surface area contributed by atoms with Crippen molar-refractivity contribution < 1.29 is 9.53 Å². The van der Waals surface area contributed by atoms with Crippen LogP contribution in [-0.2, 0) is 4.74 Å². The molecular formula is C8H11NO2. The van der Waals surface area contributed by atoms with Gasteiger partial charge < -0.3 is 4.74 Å². The van der Waals surface area contributed by atoms with Crippen molar-refractivity contribution in [1.82, 2.24) is 4.57 Å². The summed E-state index contributed by atoms with van der Waals surface area (Å²) in [6.45, 7) is 3.73. The van der Waals surface area contributed by atoms with Gasteiger partial charge in [0.2, 0.25) is 0 Å². The average Bonchev–Trinajstić information content (AvgIpc) is 2.30. The summed E-state index contributed by atoms with van der Waals surface area (Å²) in [5, 5.41) is 0. The van der Waals surface area contributed by atoms with E-state index in [-0.39, 0.29) is 6.09 Å². The lowest BCUT2D eigenvalue weighted by Gasteiger charge is -2.04. The predicted octanol–water partition coefficient (Wildman–Crippen LogP) is 1.72. The van der Waals surface area contributed by atoms with E-state index < -0.39 is 0 Å². The van der Waals surface area contributed by atoms with Gasteiger partial charge in [0.1, 0.15) is 0 Å². The molecule has 0 saturated carbocycles. The molecular weight excluding hydrogens is 142 g/mol. The Balaban J connectivity index is 3.10. The number of aryl methyl sites for hydroxylation is 2. The van der Waals surface area contributed by atoms with E-state index in [1.807, 2.05) is 26.0 Å². The molecule has 0 saturated heterocycles. The molecule has 0 spiro atoms. The minimum absolute atomic E-state index is 0.329. The van der Waals surface area contributed by atoms with Gasteiger partial charge in [-0.1, -0.05) is 0 Å². The number of rotatable bonds is 0. The lowest BCUT2D eigenvalue weighted by Crippen LogP contribution is -2.13. The van der Waals surface area contributed by atoms with Gasteiger partial charge in [0, 0.05) is 11.4 Å². The summed E-state index contributed by atoms with van der Waals surface area (Å²) in [6, 6.07) is 3.76. The third-order valence-corrected chi connectivity index (χ3v) is 1.63. The standard InChI is InChI=1S/C8H11NO2/c1-6-4-5-7(2)9(6)8(10)11-3/h4-5H,1-3H3. The topological polar surface area (TPSA) is 31.2 Å². The summed E-state index contributed by atoms with van der Waals surface area (Å²) in [5.74, 6) is 0. The number of carbonyl (C=O) groups is 1. The second kappa shape index (κ2) is 2.78. The van der Waals surface area contributed by atoms with Crippen LogP contribution in [0.2, 0.25) is 0 Å². The lowest BCUT2D eigenvalue weighted by atomic mass is 10.5. The maximum Gasteiger partial charge on any atom is 0.418 e. The second-order valence-corrected chi connectivity index (χ2v) is 2.42. The van der Waals surface area contributed by atoms with E-state index in [1.165, 1.54) is 11.7 Å². The van der Waals surface area contributed by atoms with Crippen molar-refractivity contribution in [3.63, 3.8) is 0 Å². The highest BCUT2D eigenvalue weighted by Gasteiger charge is 2.08. The van der Waals surface area contributed by atoms with E-state index in [2.05, 4.69) is 4.74 Å². The van der Waals surface area contributed by atoms with Crippen LogP contribution in [0.15, 0.2) is 12.1 Å². The minimum atomic E-state index is -0.329. The fraction of sp³-hybridized carbons (Fsp3) is 0.375. The van der Waals surface area contributed by atoms with Crippen molar-refractivity contribution in [2.75, 3.05) is 7.11 Å². The van der Waals surface area contributed by atoms with Crippen LogP contribution in [0.25, 0.3) is 0 Å². The molecule has 3 nitrogen and oxygen atoms in total. The number of ether oxygens (including phenoxy) is 1. The Morgan fingerprint density at radius 3 is 2.18 bits per heavy atom. The zero-order chi connectivity index (χ0) is 8.43. The number of nitrogens with zero attached hydrogens (tertiary/aromatic N) is 1. The molecule has 0 unspecified atom stereocenters. The highest BCUT2D eigenvalue weighted by molar-refractivity contribution is 5.72. The SMILES string of the molecule is COC(=O)n1c(C)ccc1C. The smallest absolute Gasteiger partial charge is 0.418 e. The molecule has 0 bridgehead atoms. The fourth-order valence-electron chi connectivity index (χ4n) is 1.05. The molecule has 0 aliphatic heterocycles. The van der Waals surface area contributed by atoms with E-state index in [4.69, 9.17) is 0 Å². The quantitative estimate of drug-likeness (QED) is 0.568. The third-order valence-electron chi connectivity index (χ3n) is 1.63. The molecule has 0 atom stereocenters. The lowest BCUT2D eigenvalue weighted by molar-refractivity contribution is 0.172. The normalized spacial score (nSPS) is 9.73. The zero-order valence-electron chi connectivity index (χ0n) is 6.92. The van der Waals surface area contributed by atoms with Crippen molar-refractivity contribution in [3.8, 4) is 0 Å². The van der Waals surface area contributed by atoms with Crippen LogP contribution in [-0.4, -0.2) is 17.8 Å². The maximum atomic E-state index is 11.1. The van der Waals surface area contributed by atoms with E-state index in [0.29, 0.717) is 0 Å². The van der Waals surface area contributed by atoms with Crippen molar-refractivity contribution in [2.45, 2.75) is 13.8 Å². The monoisotopic (exact) mass is 153 g/mol. The Bertz CT molecular complexity index is 256. The molecule has 1 rings (SSSR count). The number of hydrogen-bond donors (Lipinski definition) is 0. The van der Waals surface area contributed by atoms with Crippen LogP contribution < -0.4 is 0 Å². The second-order valence-electron chi connectivity index (χ2n) is 2.42. The summed E-state index contributed by atoms with van der Waals surface area (Å²) in [7, 11) is 1.38. The number of hydrogen-bond acceptors (Lipinski definition) is 2. The molecule has 0 radical (unpaired) electrons. The van der Waals surface area contributed by atoms with Crippen LogP contribution in [0.3, 0.4) is 0 Å². The van der Waals surface area contributed by atoms with Gasteiger partial charge in [-0.3, -0.25) is 4.57 Å². The molecule has 0 N–H and O–H groups in total. The number of aromatic nitrogens is 1. The Kier molecular flexibility index (Phi) is 1.98. The first-order valence-electron chi connectivity index (χ1n) is 3.40. The van der Waals surface area contributed by atoms with Crippen molar-refractivity contribution in [3.05, 3.63) is 23.5 Å². The Labute approximate surface area is 65.6 Å². The molecule has 0 aliphatic rings. The third kappa shape index (κ3) is 1.27. The van der Waals surface area contributed by atoms with Gasteiger partial charge in [0.15, 0.2) is 0 Å². The van der Waals surface area contributed by atoms with Crippen molar-refractivity contribution >= 4 is 6.09 Å². The number of carbonyl (C=O) groups excluding carboxylic acids is 1. The van der Waals surface area contributed by atoms with Crippen molar-refractivity contribution in [1.29, 1.82) is 0 Å². The van der Waals surface area contributed by atoms with E-state index in [9.17, 15) is 4.79 Å². The zero-order valence-corrected chi connectivity index (χ0v) is 6.92. The Morgan fingerprint density at radius 1 is 1.36 bits per heavy atom. The van der Waals surface area contributed by atoms with E-state index in [0.717, 1.165) is 11.4 Å². The van der Waals surface area contributed by atoms with Gasteiger partial charge in [-0.05, 0) is 26.0 Å². The largest absolute Gasteiger partial charge is 0.452 e.